The van der Waals surface area contributed by atoms with Crippen LogP contribution in [0.1, 0.15) is 48.6 Å². The van der Waals surface area contributed by atoms with Crippen LogP contribution < -0.4 is 0 Å². The first-order valence-electron chi connectivity index (χ1n) is 12.0. The molecule has 0 aliphatic rings. The number of fused-ring (bicyclic) bond motifs is 3. The third-order valence-corrected chi connectivity index (χ3v) is 6.46. The van der Waals surface area contributed by atoms with E-state index in [0.29, 0.717) is 5.71 Å². The highest BCUT2D eigenvalue weighted by atomic mass is 16.3. The van der Waals surface area contributed by atoms with Gasteiger partial charge in [-0.2, -0.15) is 0 Å². The molecule has 5 aromatic rings. The van der Waals surface area contributed by atoms with E-state index in [0.717, 1.165) is 39.7 Å². The van der Waals surface area contributed by atoms with Crippen molar-refractivity contribution in [2.75, 3.05) is 0 Å². The summed E-state index contributed by atoms with van der Waals surface area (Å²) in [4.78, 5) is 9.69. The molecule has 3 heteroatoms. The van der Waals surface area contributed by atoms with E-state index in [2.05, 4.69) is 97.0 Å². The van der Waals surface area contributed by atoms with Crippen molar-refractivity contribution in [3.8, 4) is 22.5 Å². The van der Waals surface area contributed by atoms with Gasteiger partial charge in [0.2, 0.25) is 5.71 Å². The highest BCUT2D eigenvalue weighted by Crippen LogP contribution is 2.38. The minimum Gasteiger partial charge on any atom is -0.437 e. The van der Waals surface area contributed by atoms with Crippen LogP contribution in [-0.2, 0) is 6.42 Å². The zero-order valence-corrected chi connectivity index (χ0v) is 21.2. The van der Waals surface area contributed by atoms with Gasteiger partial charge < -0.3 is 4.42 Å². The van der Waals surface area contributed by atoms with Crippen molar-refractivity contribution < 1.29 is 4.42 Å². The van der Waals surface area contributed by atoms with Crippen LogP contribution in [0.25, 0.3) is 44.6 Å². The lowest BCUT2D eigenvalue weighted by Gasteiger charge is -2.18. The molecular formula is C31H32N2O. The molecule has 34 heavy (non-hydrogen) atoms. The molecule has 0 N–H and O–H groups in total. The molecule has 2 aromatic carbocycles. The van der Waals surface area contributed by atoms with Crippen LogP contribution in [-0.4, -0.2) is 9.97 Å². The van der Waals surface area contributed by atoms with E-state index < -0.39 is 0 Å². The topological polar surface area (TPSA) is 38.9 Å². The Balaban J connectivity index is 1.69. The summed E-state index contributed by atoms with van der Waals surface area (Å²) in [6.45, 7) is 15.4. The molecule has 0 aliphatic heterocycles. The van der Waals surface area contributed by atoms with E-state index in [1.54, 1.807) is 0 Å². The molecule has 172 valence electrons. The quantitative estimate of drug-likeness (QED) is 0.277. The molecule has 0 saturated carbocycles. The summed E-state index contributed by atoms with van der Waals surface area (Å²) in [5, 5.41) is 2.17. The second-order valence-corrected chi connectivity index (χ2v) is 10.8. The van der Waals surface area contributed by atoms with Gasteiger partial charge in [-0.3, -0.25) is 4.98 Å². The highest BCUT2D eigenvalue weighted by molar-refractivity contribution is 6.10. The summed E-state index contributed by atoms with van der Waals surface area (Å²) in [6.07, 6.45) is 2.90. The van der Waals surface area contributed by atoms with E-state index in [9.17, 15) is 0 Å². The Labute approximate surface area is 201 Å². The fourth-order valence-corrected chi connectivity index (χ4v) is 5.20. The number of aryl methyl sites for hydroxylation is 4. The molecule has 3 heterocycles. The monoisotopic (exact) mass is 448 g/mol. The van der Waals surface area contributed by atoms with Crippen molar-refractivity contribution in [3.63, 3.8) is 0 Å². The van der Waals surface area contributed by atoms with E-state index in [1.165, 1.54) is 33.4 Å². The Morgan fingerprint density at radius 3 is 2.24 bits per heavy atom. The lowest BCUT2D eigenvalue weighted by Crippen LogP contribution is -2.09. The minimum atomic E-state index is 0.215. The van der Waals surface area contributed by atoms with Gasteiger partial charge in [-0.1, -0.05) is 44.5 Å². The van der Waals surface area contributed by atoms with Gasteiger partial charge in [0, 0.05) is 28.1 Å². The van der Waals surface area contributed by atoms with Crippen LogP contribution in [0.2, 0.25) is 0 Å². The van der Waals surface area contributed by atoms with E-state index >= 15 is 0 Å². The summed E-state index contributed by atoms with van der Waals surface area (Å²) in [5.41, 5.74) is 12.0. The van der Waals surface area contributed by atoms with Crippen LogP contribution in [0, 0.1) is 33.1 Å². The number of nitrogens with zero attached hydrogens (tertiary/aromatic N) is 2. The Morgan fingerprint density at radius 2 is 1.53 bits per heavy atom. The smallest absolute Gasteiger partial charge is 0.227 e. The number of furan rings is 1. The lowest BCUT2D eigenvalue weighted by atomic mass is 9.88. The van der Waals surface area contributed by atoms with E-state index in [1.807, 2.05) is 6.20 Å². The molecule has 5 rings (SSSR count). The molecule has 0 bridgehead atoms. The first-order valence-corrected chi connectivity index (χ1v) is 12.0. The van der Waals surface area contributed by atoms with Crippen LogP contribution in [0.4, 0.5) is 0 Å². The average molecular weight is 449 g/mol. The summed E-state index contributed by atoms with van der Waals surface area (Å²) in [6, 6.07) is 17.3. The van der Waals surface area contributed by atoms with Gasteiger partial charge in [0.1, 0.15) is 5.58 Å². The second-order valence-electron chi connectivity index (χ2n) is 10.8. The van der Waals surface area contributed by atoms with Crippen LogP contribution in [0.15, 0.2) is 59.1 Å². The summed E-state index contributed by atoms with van der Waals surface area (Å²) in [5.74, 6) is 0. The van der Waals surface area contributed by atoms with Crippen LogP contribution in [0.3, 0.4) is 0 Å². The van der Waals surface area contributed by atoms with Crippen LogP contribution in [0.5, 0.6) is 0 Å². The van der Waals surface area contributed by atoms with E-state index in [-0.39, 0.29) is 5.41 Å². The van der Waals surface area contributed by atoms with Gasteiger partial charge in [0.25, 0.3) is 0 Å². The molecule has 3 nitrogen and oxygen atoms in total. The molecule has 0 saturated heterocycles. The summed E-state index contributed by atoms with van der Waals surface area (Å²) in [7, 11) is 0. The largest absolute Gasteiger partial charge is 0.437 e. The molecular weight excluding hydrogens is 416 g/mol. The summed E-state index contributed by atoms with van der Waals surface area (Å²) < 4.78 is 6.47. The fourth-order valence-electron chi connectivity index (χ4n) is 5.20. The third kappa shape index (κ3) is 4.00. The number of benzene rings is 2. The summed E-state index contributed by atoms with van der Waals surface area (Å²) >= 11 is 0. The first-order chi connectivity index (χ1) is 16.1. The average Bonchev–Trinajstić information content (AvgIpc) is 3.12. The second kappa shape index (κ2) is 8.09. The maximum atomic E-state index is 6.47. The Hall–Kier alpha value is -3.46. The molecule has 0 fully saturated rings. The molecule has 0 amide bonds. The van der Waals surface area contributed by atoms with Crippen molar-refractivity contribution >= 4 is 22.1 Å². The SMILES string of the molecule is Cc1cc(C)c(-c2ccc3c(n2)oc2c(-c4cc(CC(C)(C)C)ccn4)ccc(C)c23)c(C)c1. The normalized spacial score (nSPS) is 12.1. The van der Waals surface area contributed by atoms with Gasteiger partial charge in [0.15, 0.2) is 0 Å². The van der Waals surface area contributed by atoms with Crippen molar-refractivity contribution in [2.45, 2.75) is 54.9 Å². The van der Waals surface area contributed by atoms with Gasteiger partial charge in [-0.15, -0.1) is 0 Å². The van der Waals surface area contributed by atoms with Gasteiger partial charge in [-0.05, 0) is 92.1 Å². The maximum Gasteiger partial charge on any atom is 0.227 e. The minimum absolute atomic E-state index is 0.215. The zero-order chi connectivity index (χ0) is 24.2. The van der Waals surface area contributed by atoms with Crippen molar-refractivity contribution in [3.05, 3.63) is 82.5 Å². The number of aromatic nitrogens is 2. The number of hydrogen-bond donors (Lipinski definition) is 0. The first kappa shape index (κ1) is 22.3. The third-order valence-electron chi connectivity index (χ3n) is 6.46. The molecule has 0 radical (unpaired) electrons. The highest BCUT2D eigenvalue weighted by Gasteiger charge is 2.19. The standard InChI is InChI=1S/C31H32N2O/c1-18-14-20(3)27(21(4)15-18)25-11-10-24-28-19(2)8-9-23(29(28)34-30(24)33-25)26-16-22(12-13-32-26)17-31(5,6)7/h8-16H,17H2,1-7H3. The van der Waals surface area contributed by atoms with Crippen molar-refractivity contribution in [1.82, 2.24) is 9.97 Å². The van der Waals surface area contributed by atoms with Gasteiger partial charge in [0.05, 0.1) is 11.4 Å². The van der Waals surface area contributed by atoms with E-state index in [4.69, 9.17) is 14.4 Å². The maximum absolute atomic E-state index is 6.47. The Kier molecular flexibility index (Phi) is 5.31. The zero-order valence-electron chi connectivity index (χ0n) is 21.2. The molecule has 0 unspecified atom stereocenters. The number of rotatable bonds is 3. The lowest BCUT2D eigenvalue weighted by molar-refractivity contribution is 0.411. The van der Waals surface area contributed by atoms with Crippen molar-refractivity contribution in [1.29, 1.82) is 0 Å². The number of pyridine rings is 2. The van der Waals surface area contributed by atoms with Crippen molar-refractivity contribution in [2.24, 2.45) is 5.41 Å². The Morgan fingerprint density at radius 1 is 0.794 bits per heavy atom. The fraction of sp³-hybridized carbons (Fsp3) is 0.290. The number of hydrogen-bond acceptors (Lipinski definition) is 3. The molecule has 3 aromatic heterocycles. The van der Waals surface area contributed by atoms with Gasteiger partial charge in [-0.25, -0.2) is 4.98 Å². The van der Waals surface area contributed by atoms with Gasteiger partial charge >= 0.3 is 0 Å². The molecule has 0 spiro atoms. The molecule has 0 atom stereocenters. The Bertz CT molecular complexity index is 1530. The molecule has 0 aliphatic carbocycles. The predicted molar refractivity (Wildman–Crippen MR) is 142 cm³/mol. The predicted octanol–water partition coefficient (Wildman–Crippen LogP) is 8.53. The van der Waals surface area contributed by atoms with Crippen LogP contribution >= 0.6 is 0 Å².